The van der Waals surface area contributed by atoms with Gasteiger partial charge in [-0.15, -0.1) is 0 Å². The maximum absolute atomic E-state index is 11.3. The molecule has 1 aromatic carbocycles. The molecule has 5 N–H and O–H groups in total. The van der Waals surface area contributed by atoms with Crippen LogP contribution in [-0.2, 0) is 10.0 Å². The maximum Gasteiger partial charge on any atom is 0.240 e. The van der Waals surface area contributed by atoms with Crippen LogP contribution in [0.4, 0.5) is 11.4 Å². The van der Waals surface area contributed by atoms with Crippen molar-refractivity contribution in [2.45, 2.75) is 24.2 Å². The molecule has 1 fully saturated rings. The lowest BCUT2D eigenvalue weighted by Gasteiger charge is -2.26. The van der Waals surface area contributed by atoms with Crippen LogP contribution >= 0.6 is 0 Å². The van der Waals surface area contributed by atoms with E-state index in [-0.39, 0.29) is 10.6 Å². The third-order valence-electron chi connectivity index (χ3n) is 3.52. The second-order valence-corrected chi connectivity index (χ2v) is 6.66. The summed E-state index contributed by atoms with van der Waals surface area (Å²) in [6, 6.07) is 4.73. The lowest BCUT2D eigenvalue weighted by molar-refractivity contribution is 0.237. The lowest BCUT2D eigenvalue weighted by Crippen LogP contribution is -2.33. The SMILES string of the molecule is Nc1cc(NCCN2CCCCC2)ccc1S(N)(=O)=O. The van der Waals surface area contributed by atoms with Gasteiger partial charge in [-0.3, -0.25) is 0 Å². The van der Waals surface area contributed by atoms with E-state index in [2.05, 4.69) is 10.2 Å². The van der Waals surface area contributed by atoms with Crippen molar-refractivity contribution in [3.8, 4) is 0 Å². The van der Waals surface area contributed by atoms with Crippen molar-refractivity contribution in [2.24, 2.45) is 5.14 Å². The minimum absolute atomic E-state index is 0.0286. The monoisotopic (exact) mass is 298 g/mol. The van der Waals surface area contributed by atoms with Gasteiger partial charge >= 0.3 is 0 Å². The van der Waals surface area contributed by atoms with Crippen LogP contribution in [0.1, 0.15) is 19.3 Å². The van der Waals surface area contributed by atoms with Crippen molar-refractivity contribution < 1.29 is 8.42 Å². The van der Waals surface area contributed by atoms with Gasteiger partial charge in [0, 0.05) is 18.8 Å². The molecule has 0 saturated carbocycles. The standard InChI is InChI=1S/C13H22N4O2S/c14-12-10-11(4-5-13(12)20(15,18)19)16-6-9-17-7-2-1-3-8-17/h4-5,10,16H,1-3,6-9,14H2,(H2,15,18,19). The highest BCUT2D eigenvalue weighted by molar-refractivity contribution is 7.89. The number of likely N-dealkylation sites (tertiary alicyclic amines) is 1. The van der Waals surface area contributed by atoms with Crippen molar-refractivity contribution in [1.82, 2.24) is 4.90 Å². The van der Waals surface area contributed by atoms with E-state index in [4.69, 9.17) is 10.9 Å². The summed E-state index contributed by atoms with van der Waals surface area (Å²) >= 11 is 0. The number of primary sulfonamides is 1. The molecule has 1 heterocycles. The molecule has 0 aliphatic carbocycles. The summed E-state index contributed by atoms with van der Waals surface area (Å²) < 4.78 is 22.5. The fraction of sp³-hybridized carbons (Fsp3) is 0.538. The normalized spacial score (nSPS) is 17.1. The smallest absolute Gasteiger partial charge is 0.240 e. The lowest BCUT2D eigenvalue weighted by atomic mass is 10.1. The molecule has 2 rings (SSSR count). The Morgan fingerprint density at radius 1 is 1.20 bits per heavy atom. The minimum atomic E-state index is -3.75. The largest absolute Gasteiger partial charge is 0.398 e. The minimum Gasteiger partial charge on any atom is -0.398 e. The summed E-state index contributed by atoms with van der Waals surface area (Å²) in [6.07, 6.45) is 3.88. The molecule has 0 aromatic heterocycles. The fourth-order valence-corrected chi connectivity index (χ4v) is 3.10. The predicted octanol–water partition coefficient (Wildman–Crippen LogP) is 0.814. The molecule has 0 bridgehead atoms. The van der Waals surface area contributed by atoms with Crippen LogP contribution in [0.2, 0.25) is 0 Å². The van der Waals surface area contributed by atoms with Crippen LogP contribution in [0, 0.1) is 0 Å². The Bertz CT molecular complexity index is 553. The number of nitrogen functional groups attached to an aromatic ring is 1. The topological polar surface area (TPSA) is 101 Å². The van der Waals surface area contributed by atoms with Gasteiger partial charge in [0.25, 0.3) is 0 Å². The quantitative estimate of drug-likeness (QED) is 0.698. The Kier molecular flexibility index (Phi) is 4.85. The van der Waals surface area contributed by atoms with Crippen LogP contribution in [0.15, 0.2) is 23.1 Å². The molecule has 7 heteroatoms. The van der Waals surface area contributed by atoms with E-state index >= 15 is 0 Å². The van der Waals surface area contributed by atoms with Crippen LogP contribution in [0.25, 0.3) is 0 Å². The maximum atomic E-state index is 11.3. The summed E-state index contributed by atoms with van der Waals surface area (Å²) in [5.74, 6) is 0. The van der Waals surface area contributed by atoms with Gasteiger partial charge in [0.05, 0.1) is 5.69 Å². The van der Waals surface area contributed by atoms with Gasteiger partial charge in [0.2, 0.25) is 10.0 Å². The summed E-state index contributed by atoms with van der Waals surface area (Å²) in [4.78, 5) is 2.40. The predicted molar refractivity (Wildman–Crippen MR) is 81.0 cm³/mol. The molecule has 1 aliphatic heterocycles. The average Bonchev–Trinajstić information content (AvgIpc) is 2.38. The second kappa shape index (κ2) is 6.43. The molecule has 1 aliphatic rings. The highest BCUT2D eigenvalue weighted by atomic mass is 32.2. The summed E-state index contributed by atoms with van der Waals surface area (Å²) in [5.41, 5.74) is 6.70. The summed E-state index contributed by atoms with van der Waals surface area (Å²) in [7, 11) is -3.75. The summed E-state index contributed by atoms with van der Waals surface area (Å²) in [5, 5.41) is 8.32. The second-order valence-electron chi connectivity index (χ2n) is 5.13. The molecule has 20 heavy (non-hydrogen) atoms. The number of benzene rings is 1. The Labute approximate surface area is 120 Å². The number of nitrogens with two attached hydrogens (primary N) is 2. The van der Waals surface area contributed by atoms with Gasteiger partial charge in [0.1, 0.15) is 4.90 Å². The number of nitrogens with zero attached hydrogens (tertiary/aromatic N) is 1. The van der Waals surface area contributed by atoms with Crippen LogP contribution in [0.3, 0.4) is 0 Å². The van der Waals surface area contributed by atoms with Crippen LogP contribution in [0.5, 0.6) is 0 Å². The molecule has 0 amide bonds. The molecular weight excluding hydrogens is 276 g/mol. The van der Waals surface area contributed by atoms with Gasteiger partial charge in [-0.2, -0.15) is 0 Å². The average molecular weight is 298 g/mol. The number of nitrogens with one attached hydrogen (secondary N) is 1. The summed E-state index contributed by atoms with van der Waals surface area (Å²) in [6.45, 7) is 4.12. The van der Waals surface area contributed by atoms with Crippen LogP contribution in [-0.4, -0.2) is 39.5 Å². The number of hydrogen-bond donors (Lipinski definition) is 3. The first-order valence-electron chi connectivity index (χ1n) is 6.85. The van der Waals surface area contributed by atoms with Crippen molar-refractivity contribution in [3.05, 3.63) is 18.2 Å². The number of rotatable bonds is 5. The van der Waals surface area contributed by atoms with Gasteiger partial charge in [-0.25, -0.2) is 13.6 Å². The van der Waals surface area contributed by atoms with E-state index < -0.39 is 10.0 Å². The molecule has 1 aromatic rings. The Balaban J connectivity index is 1.89. The van der Waals surface area contributed by atoms with E-state index in [9.17, 15) is 8.42 Å². The zero-order valence-electron chi connectivity index (χ0n) is 11.5. The molecule has 112 valence electrons. The van der Waals surface area contributed by atoms with E-state index in [1.165, 1.54) is 25.3 Å². The Morgan fingerprint density at radius 3 is 2.50 bits per heavy atom. The zero-order chi connectivity index (χ0) is 14.6. The zero-order valence-corrected chi connectivity index (χ0v) is 12.3. The third-order valence-corrected chi connectivity index (χ3v) is 4.51. The molecule has 0 spiro atoms. The van der Waals surface area contributed by atoms with Crippen molar-refractivity contribution in [2.75, 3.05) is 37.2 Å². The Hall–Kier alpha value is -1.31. The molecular formula is C13H22N4O2S. The van der Waals surface area contributed by atoms with E-state index in [0.717, 1.165) is 31.9 Å². The van der Waals surface area contributed by atoms with Crippen molar-refractivity contribution in [1.29, 1.82) is 0 Å². The number of piperidine rings is 1. The van der Waals surface area contributed by atoms with Gasteiger partial charge in [0.15, 0.2) is 0 Å². The Morgan fingerprint density at radius 2 is 1.90 bits per heavy atom. The van der Waals surface area contributed by atoms with Gasteiger partial charge in [-0.05, 0) is 44.1 Å². The highest BCUT2D eigenvalue weighted by Crippen LogP contribution is 2.21. The number of sulfonamides is 1. The molecule has 6 nitrogen and oxygen atoms in total. The third kappa shape index (κ3) is 4.09. The highest BCUT2D eigenvalue weighted by Gasteiger charge is 2.12. The van der Waals surface area contributed by atoms with E-state index in [0.29, 0.717) is 0 Å². The van der Waals surface area contributed by atoms with Gasteiger partial charge in [-0.1, -0.05) is 6.42 Å². The van der Waals surface area contributed by atoms with Gasteiger partial charge < -0.3 is 16.0 Å². The number of hydrogen-bond acceptors (Lipinski definition) is 5. The first-order chi connectivity index (χ1) is 9.47. The molecule has 0 radical (unpaired) electrons. The first-order valence-corrected chi connectivity index (χ1v) is 8.40. The fourth-order valence-electron chi connectivity index (χ4n) is 2.46. The van der Waals surface area contributed by atoms with E-state index in [1.54, 1.807) is 12.1 Å². The molecule has 0 atom stereocenters. The van der Waals surface area contributed by atoms with Crippen molar-refractivity contribution in [3.63, 3.8) is 0 Å². The van der Waals surface area contributed by atoms with Crippen LogP contribution < -0.4 is 16.2 Å². The number of anilines is 2. The first kappa shape index (κ1) is 15.1. The molecule has 0 unspecified atom stereocenters. The molecule has 1 saturated heterocycles. The van der Waals surface area contributed by atoms with E-state index in [1.807, 2.05) is 0 Å². The van der Waals surface area contributed by atoms with Crippen molar-refractivity contribution >= 4 is 21.4 Å².